The molecule has 0 aliphatic carbocycles. The number of benzene rings is 2. The Bertz CT molecular complexity index is 918. The molecule has 6 heteroatoms. The van der Waals surface area contributed by atoms with Gasteiger partial charge in [-0.05, 0) is 55.8 Å². The van der Waals surface area contributed by atoms with E-state index in [-0.39, 0.29) is 11.6 Å². The van der Waals surface area contributed by atoms with E-state index in [0.29, 0.717) is 0 Å². The normalized spacial score (nSPS) is 16.8. The standard InChI is InChI=1S/C23H30N6/c1-18-10-12-19(13-11-18)21(22-24-25-26-29(22)23(2,3)4)28-16-14-27(15-17-28)20-8-6-5-7-9-20/h5-13,21H,14-17H2,1-4H3/t21-/m0/s1. The predicted octanol–water partition coefficient (Wildman–Crippen LogP) is 3.65. The van der Waals surface area contributed by atoms with Gasteiger partial charge >= 0.3 is 0 Å². The van der Waals surface area contributed by atoms with Crippen molar-refractivity contribution in [2.45, 2.75) is 39.3 Å². The largest absolute Gasteiger partial charge is 0.369 e. The second-order valence-corrected chi connectivity index (χ2v) is 8.79. The van der Waals surface area contributed by atoms with Crippen LogP contribution in [0.1, 0.15) is 43.8 Å². The summed E-state index contributed by atoms with van der Waals surface area (Å²) in [4.78, 5) is 4.97. The Morgan fingerprint density at radius 3 is 2.14 bits per heavy atom. The van der Waals surface area contributed by atoms with E-state index in [1.54, 1.807) is 0 Å². The van der Waals surface area contributed by atoms with Gasteiger partial charge in [0.25, 0.3) is 0 Å². The van der Waals surface area contributed by atoms with Crippen LogP contribution in [0.15, 0.2) is 54.6 Å². The molecule has 3 aromatic rings. The lowest BCUT2D eigenvalue weighted by Crippen LogP contribution is -2.48. The van der Waals surface area contributed by atoms with Crippen molar-refractivity contribution in [3.63, 3.8) is 0 Å². The topological polar surface area (TPSA) is 50.1 Å². The molecule has 2 heterocycles. The van der Waals surface area contributed by atoms with Crippen molar-refractivity contribution in [1.29, 1.82) is 0 Å². The molecule has 0 bridgehead atoms. The van der Waals surface area contributed by atoms with Gasteiger partial charge in [0.15, 0.2) is 5.82 Å². The minimum Gasteiger partial charge on any atom is -0.369 e. The highest BCUT2D eigenvalue weighted by molar-refractivity contribution is 5.46. The fourth-order valence-corrected chi connectivity index (χ4v) is 3.99. The van der Waals surface area contributed by atoms with Crippen LogP contribution in [-0.2, 0) is 5.54 Å². The van der Waals surface area contributed by atoms with Crippen molar-refractivity contribution in [1.82, 2.24) is 25.1 Å². The van der Waals surface area contributed by atoms with Gasteiger partial charge in [-0.15, -0.1) is 5.10 Å². The lowest BCUT2D eigenvalue weighted by atomic mass is 10.0. The molecule has 0 radical (unpaired) electrons. The van der Waals surface area contributed by atoms with Crippen LogP contribution in [0.3, 0.4) is 0 Å². The van der Waals surface area contributed by atoms with E-state index in [1.165, 1.54) is 16.8 Å². The molecule has 152 valence electrons. The van der Waals surface area contributed by atoms with Crippen molar-refractivity contribution in [2.24, 2.45) is 0 Å². The molecular formula is C23H30N6. The number of rotatable bonds is 4. The van der Waals surface area contributed by atoms with Gasteiger partial charge in [0.05, 0.1) is 11.6 Å². The van der Waals surface area contributed by atoms with Gasteiger partial charge in [0.1, 0.15) is 0 Å². The molecule has 29 heavy (non-hydrogen) atoms. The Hall–Kier alpha value is -2.73. The summed E-state index contributed by atoms with van der Waals surface area (Å²) < 4.78 is 1.97. The van der Waals surface area contributed by atoms with Gasteiger partial charge in [-0.3, -0.25) is 4.90 Å². The summed E-state index contributed by atoms with van der Waals surface area (Å²) in [6.07, 6.45) is 0. The number of tetrazole rings is 1. The van der Waals surface area contributed by atoms with Gasteiger partial charge in [-0.2, -0.15) is 0 Å². The van der Waals surface area contributed by atoms with Crippen LogP contribution in [0.5, 0.6) is 0 Å². The quantitative estimate of drug-likeness (QED) is 0.681. The van der Waals surface area contributed by atoms with Crippen molar-refractivity contribution < 1.29 is 0 Å². The Balaban J connectivity index is 1.64. The molecule has 0 spiro atoms. The molecular weight excluding hydrogens is 360 g/mol. The van der Waals surface area contributed by atoms with Crippen molar-refractivity contribution in [3.05, 3.63) is 71.5 Å². The molecule has 2 aromatic carbocycles. The van der Waals surface area contributed by atoms with Crippen LogP contribution in [0.25, 0.3) is 0 Å². The molecule has 0 unspecified atom stereocenters. The summed E-state index contributed by atoms with van der Waals surface area (Å²) in [6, 6.07) is 19.5. The third-order valence-corrected chi connectivity index (χ3v) is 5.57. The van der Waals surface area contributed by atoms with Crippen LogP contribution in [0.2, 0.25) is 0 Å². The lowest BCUT2D eigenvalue weighted by Gasteiger charge is -2.40. The number of nitrogens with zero attached hydrogens (tertiary/aromatic N) is 6. The number of anilines is 1. The number of hydrogen-bond donors (Lipinski definition) is 0. The Kier molecular flexibility index (Phi) is 5.37. The van der Waals surface area contributed by atoms with E-state index in [9.17, 15) is 0 Å². The highest BCUT2D eigenvalue weighted by atomic mass is 15.6. The van der Waals surface area contributed by atoms with E-state index >= 15 is 0 Å². The number of piperazine rings is 1. The fourth-order valence-electron chi connectivity index (χ4n) is 3.99. The summed E-state index contributed by atoms with van der Waals surface area (Å²) >= 11 is 0. The molecule has 1 aromatic heterocycles. The molecule has 4 rings (SSSR count). The highest BCUT2D eigenvalue weighted by Gasteiger charge is 2.33. The summed E-state index contributed by atoms with van der Waals surface area (Å²) in [5, 5.41) is 12.8. The molecule has 0 N–H and O–H groups in total. The van der Waals surface area contributed by atoms with Crippen LogP contribution >= 0.6 is 0 Å². The Morgan fingerprint density at radius 2 is 1.52 bits per heavy atom. The number of aromatic nitrogens is 4. The highest BCUT2D eigenvalue weighted by Crippen LogP contribution is 2.31. The lowest BCUT2D eigenvalue weighted by molar-refractivity contribution is 0.191. The first-order valence-corrected chi connectivity index (χ1v) is 10.3. The Labute approximate surface area is 173 Å². The summed E-state index contributed by atoms with van der Waals surface area (Å²) in [7, 11) is 0. The SMILES string of the molecule is Cc1ccc([C@@H](c2nnnn2C(C)(C)C)N2CCN(c3ccccc3)CC2)cc1. The smallest absolute Gasteiger partial charge is 0.173 e. The maximum absolute atomic E-state index is 4.48. The van der Waals surface area contributed by atoms with Crippen molar-refractivity contribution >= 4 is 5.69 Å². The van der Waals surface area contributed by atoms with E-state index in [2.05, 4.69) is 108 Å². The van der Waals surface area contributed by atoms with Crippen molar-refractivity contribution in [3.8, 4) is 0 Å². The average molecular weight is 391 g/mol. The first-order valence-electron chi connectivity index (χ1n) is 10.3. The van der Waals surface area contributed by atoms with Gasteiger partial charge in [-0.25, -0.2) is 4.68 Å². The summed E-state index contributed by atoms with van der Waals surface area (Å²) in [6.45, 7) is 12.5. The molecule has 1 fully saturated rings. The fraction of sp³-hybridized carbons (Fsp3) is 0.435. The van der Waals surface area contributed by atoms with E-state index in [0.717, 1.165) is 32.0 Å². The zero-order valence-electron chi connectivity index (χ0n) is 17.8. The molecule has 1 aliphatic rings. The minimum atomic E-state index is -0.173. The van der Waals surface area contributed by atoms with E-state index in [4.69, 9.17) is 0 Å². The van der Waals surface area contributed by atoms with Gasteiger partial charge in [0, 0.05) is 31.9 Å². The molecule has 1 aliphatic heterocycles. The summed E-state index contributed by atoms with van der Waals surface area (Å²) in [5.41, 5.74) is 3.62. The van der Waals surface area contributed by atoms with Crippen molar-refractivity contribution in [2.75, 3.05) is 31.1 Å². The number of aryl methyl sites for hydroxylation is 1. The second-order valence-electron chi connectivity index (χ2n) is 8.79. The van der Waals surface area contributed by atoms with Crippen LogP contribution in [0.4, 0.5) is 5.69 Å². The zero-order chi connectivity index (χ0) is 20.4. The second kappa shape index (κ2) is 7.95. The first kappa shape index (κ1) is 19.6. The third kappa shape index (κ3) is 4.17. The number of hydrogen-bond acceptors (Lipinski definition) is 5. The first-order chi connectivity index (χ1) is 13.9. The van der Waals surface area contributed by atoms with Gasteiger partial charge < -0.3 is 4.90 Å². The van der Waals surface area contributed by atoms with Crippen LogP contribution < -0.4 is 4.90 Å². The maximum Gasteiger partial charge on any atom is 0.173 e. The van der Waals surface area contributed by atoms with E-state index in [1.807, 2.05) is 4.68 Å². The van der Waals surface area contributed by atoms with Crippen LogP contribution in [0, 0.1) is 6.92 Å². The molecule has 1 saturated heterocycles. The van der Waals surface area contributed by atoms with Crippen LogP contribution in [-0.4, -0.2) is 51.3 Å². The number of para-hydroxylation sites is 1. The molecule has 1 atom stereocenters. The zero-order valence-corrected chi connectivity index (χ0v) is 17.8. The molecule has 0 saturated carbocycles. The molecule has 0 amide bonds. The van der Waals surface area contributed by atoms with Gasteiger partial charge in [0.2, 0.25) is 0 Å². The van der Waals surface area contributed by atoms with Gasteiger partial charge in [-0.1, -0.05) is 48.0 Å². The van der Waals surface area contributed by atoms with E-state index < -0.39 is 0 Å². The summed E-state index contributed by atoms with van der Waals surface area (Å²) in [5.74, 6) is 0.912. The third-order valence-electron chi connectivity index (χ3n) is 5.57. The predicted molar refractivity (Wildman–Crippen MR) is 116 cm³/mol. The maximum atomic E-state index is 4.48. The monoisotopic (exact) mass is 390 g/mol. The Morgan fingerprint density at radius 1 is 0.862 bits per heavy atom. The minimum absolute atomic E-state index is 0.0442. The average Bonchev–Trinajstić information content (AvgIpc) is 3.21. The molecule has 6 nitrogen and oxygen atoms in total.